The van der Waals surface area contributed by atoms with Crippen LogP contribution < -0.4 is 0 Å². The smallest absolute Gasteiger partial charge is 0.308 e. The van der Waals surface area contributed by atoms with Gasteiger partial charge in [0.15, 0.2) is 0 Å². The largest absolute Gasteiger partial charge is 0.416 e. The maximum atomic E-state index is 12.9. The van der Waals surface area contributed by atoms with Crippen molar-refractivity contribution in [1.82, 2.24) is 9.21 Å². The van der Waals surface area contributed by atoms with Gasteiger partial charge in [0.05, 0.1) is 11.3 Å². The van der Waals surface area contributed by atoms with Gasteiger partial charge in [-0.2, -0.15) is 29.2 Å². The van der Waals surface area contributed by atoms with Crippen molar-refractivity contribution in [3.8, 4) is 0 Å². The highest BCUT2D eigenvalue weighted by Gasteiger charge is 2.33. The van der Waals surface area contributed by atoms with E-state index in [-0.39, 0.29) is 11.8 Å². The molecule has 1 aliphatic rings. The Balaban J connectivity index is 2.17. The molecule has 1 aromatic rings. The summed E-state index contributed by atoms with van der Waals surface area (Å²) in [6, 6.07) is 4.23. The zero-order valence-electron chi connectivity index (χ0n) is 14.3. The second-order valence-electron chi connectivity index (χ2n) is 6.41. The lowest BCUT2D eigenvalue weighted by atomic mass is 10.1. The molecule has 1 fully saturated rings. The molecule has 1 heterocycles. The molecular formula is C16H23F3N2O2S2. The number of likely N-dealkylation sites (N-methyl/N-ethyl adjacent to an activating group) is 1. The van der Waals surface area contributed by atoms with Gasteiger partial charge in [-0.05, 0) is 44.0 Å². The van der Waals surface area contributed by atoms with E-state index in [1.807, 2.05) is 19.0 Å². The molecule has 0 aliphatic carbocycles. The minimum Gasteiger partial charge on any atom is -0.308 e. The van der Waals surface area contributed by atoms with E-state index in [1.54, 1.807) is 11.8 Å². The molecule has 0 N–H and O–H groups in total. The Hall–Kier alpha value is -0.770. The van der Waals surface area contributed by atoms with Gasteiger partial charge in [-0.15, -0.1) is 0 Å². The lowest BCUT2D eigenvalue weighted by molar-refractivity contribution is -0.137. The van der Waals surface area contributed by atoms with Gasteiger partial charge in [0.1, 0.15) is 0 Å². The normalized spacial score (nSPS) is 20.6. The molecule has 1 atom stereocenters. The van der Waals surface area contributed by atoms with Crippen molar-refractivity contribution in [3.05, 3.63) is 35.4 Å². The standard InChI is InChI=1S/C16H23F3N2O2S2/c1-20(2)10-15-11-24-9-3-8-21(15)25(22,23)12-13-4-6-14(7-5-13)16(17,18)19/h4-7,15H,3,8-12H2,1-2H3. The number of hydrogen-bond acceptors (Lipinski definition) is 4. The quantitative estimate of drug-likeness (QED) is 0.767. The number of rotatable bonds is 5. The molecule has 1 unspecified atom stereocenters. The van der Waals surface area contributed by atoms with Crippen LogP contribution in [0.3, 0.4) is 0 Å². The predicted molar refractivity (Wildman–Crippen MR) is 95.1 cm³/mol. The number of thioether (sulfide) groups is 1. The average Bonchev–Trinajstić information content (AvgIpc) is 2.71. The molecule has 1 aliphatic heterocycles. The predicted octanol–water partition coefficient (Wildman–Crippen LogP) is 2.90. The number of nitrogens with zero attached hydrogens (tertiary/aromatic N) is 2. The fraction of sp³-hybridized carbons (Fsp3) is 0.625. The molecule has 4 nitrogen and oxygen atoms in total. The highest BCUT2D eigenvalue weighted by atomic mass is 32.2. The number of halogens is 3. The van der Waals surface area contributed by atoms with Gasteiger partial charge in [0, 0.05) is 24.9 Å². The van der Waals surface area contributed by atoms with Crippen LogP contribution in [0.1, 0.15) is 17.5 Å². The van der Waals surface area contributed by atoms with E-state index in [1.165, 1.54) is 16.4 Å². The summed E-state index contributed by atoms with van der Waals surface area (Å²) in [7, 11) is 0.207. The highest BCUT2D eigenvalue weighted by molar-refractivity contribution is 7.99. The van der Waals surface area contributed by atoms with Crippen LogP contribution in [0.15, 0.2) is 24.3 Å². The zero-order valence-corrected chi connectivity index (χ0v) is 15.9. The van der Waals surface area contributed by atoms with Crippen molar-refractivity contribution in [2.45, 2.75) is 24.4 Å². The first kappa shape index (κ1) is 20.5. The van der Waals surface area contributed by atoms with E-state index in [4.69, 9.17) is 0 Å². The minimum absolute atomic E-state index is 0.123. The number of alkyl halides is 3. The molecule has 0 spiro atoms. The van der Waals surface area contributed by atoms with Crippen molar-refractivity contribution in [3.63, 3.8) is 0 Å². The van der Waals surface area contributed by atoms with Gasteiger partial charge in [-0.1, -0.05) is 12.1 Å². The SMILES string of the molecule is CN(C)CC1CSCCCN1S(=O)(=O)Cc1ccc(C(F)(F)F)cc1. The molecule has 0 bridgehead atoms. The van der Waals surface area contributed by atoms with Crippen LogP contribution in [0.25, 0.3) is 0 Å². The number of sulfonamides is 1. The molecule has 0 radical (unpaired) electrons. The number of benzene rings is 1. The first-order valence-corrected chi connectivity index (χ1v) is 10.7. The van der Waals surface area contributed by atoms with Gasteiger partial charge in [0.2, 0.25) is 10.0 Å². The summed E-state index contributed by atoms with van der Waals surface area (Å²) in [5.74, 6) is 1.36. The lowest BCUT2D eigenvalue weighted by Gasteiger charge is -2.30. The third-order valence-electron chi connectivity index (χ3n) is 3.95. The zero-order chi connectivity index (χ0) is 18.7. The Morgan fingerprint density at radius 2 is 1.88 bits per heavy atom. The Morgan fingerprint density at radius 3 is 2.44 bits per heavy atom. The third-order valence-corrected chi connectivity index (χ3v) is 7.04. The summed E-state index contributed by atoms with van der Waals surface area (Å²) < 4.78 is 65.1. The average molecular weight is 396 g/mol. The third kappa shape index (κ3) is 5.87. The fourth-order valence-electron chi connectivity index (χ4n) is 2.82. The van der Waals surface area contributed by atoms with E-state index >= 15 is 0 Å². The molecule has 9 heteroatoms. The van der Waals surface area contributed by atoms with Gasteiger partial charge >= 0.3 is 6.18 Å². The van der Waals surface area contributed by atoms with E-state index in [0.717, 1.165) is 30.1 Å². The molecule has 142 valence electrons. The maximum absolute atomic E-state index is 12.9. The molecule has 25 heavy (non-hydrogen) atoms. The van der Waals surface area contributed by atoms with E-state index in [9.17, 15) is 21.6 Å². The fourth-order valence-corrected chi connectivity index (χ4v) is 5.76. The van der Waals surface area contributed by atoms with Crippen molar-refractivity contribution < 1.29 is 21.6 Å². The van der Waals surface area contributed by atoms with Crippen molar-refractivity contribution in [2.75, 3.05) is 38.7 Å². The monoisotopic (exact) mass is 396 g/mol. The van der Waals surface area contributed by atoms with Crippen molar-refractivity contribution in [1.29, 1.82) is 0 Å². The van der Waals surface area contributed by atoms with Crippen LogP contribution in [-0.4, -0.2) is 62.4 Å². The Morgan fingerprint density at radius 1 is 1.24 bits per heavy atom. The number of hydrogen-bond donors (Lipinski definition) is 0. The maximum Gasteiger partial charge on any atom is 0.416 e. The second-order valence-corrected chi connectivity index (χ2v) is 9.48. The van der Waals surface area contributed by atoms with Gasteiger partial charge < -0.3 is 4.90 Å². The lowest BCUT2D eigenvalue weighted by Crippen LogP contribution is -2.47. The highest BCUT2D eigenvalue weighted by Crippen LogP contribution is 2.29. The summed E-state index contributed by atoms with van der Waals surface area (Å²) in [6.45, 7) is 1.08. The first-order chi connectivity index (χ1) is 11.6. The van der Waals surface area contributed by atoms with Gasteiger partial charge in [0.25, 0.3) is 0 Å². The Bertz CT molecular complexity index is 661. The Labute approximate surface area is 151 Å². The minimum atomic E-state index is -4.42. The van der Waals surface area contributed by atoms with Crippen LogP contribution in [-0.2, 0) is 22.0 Å². The molecule has 1 aromatic carbocycles. The van der Waals surface area contributed by atoms with Crippen molar-refractivity contribution in [2.24, 2.45) is 0 Å². The summed E-state index contributed by atoms with van der Waals surface area (Å²) >= 11 is 1.74. The molecular weight excluding hydrogens is 373 g/mol. The van der Waals surface area contributed by atoms with Crippen LogP contribution in [0, 0.1) is 0 Å². The summed E-state index contributed by atoms with van der Waals surface area (Å²) in [5.41, 5.74) is -0.404. The van der Waals surface area contributed by atoms with Crippen LogP contribution in [0.5, 0.6) is 0 Å². The van der Waals surface area contributed by atoms with Crippen molar-refractivity contribution >= 4 is 21.8 Å². The topological polar surface area (TPSA) is 40.6 Å². The van der Waals surface area contributed by atoms with Gasteiger partial charge in [-0.25, -0.2) is 8.42 Å². The van der Waals surface area contributed by atoms with Crippen LogP contribution >= 0.6 is 11.8 Å². The molecule has 0 amide bonds. The molecule has 0 saturated carbocycles. The van der Waals surface area contributed by atoms with Crippen LogP contribution in [0.2, 0.25) is 0 Å². The van der Waals surface area contributed by atoms with Crippen LogP contribution in [0.4, 0.5) is 13.2 Å². The summed E-state index contributed by atoms with van der Waals surface area (Å²) in [5, 5.41) is 0. The second kappa shape index (κ2) is 8.28. The summed E-state index contributed by atoms with van der Waals surface area (Å²) in [6.07, 6.45) is -3.64. The Kier molecular flexibility index (Phi) is 6.80. The van der Waals surface area contributed by atoms with Gasteiger partial charge in [-0.3, -0.25) is 0 Å². The molecule has 2 rings (SSSR count). The van der Waals surface area contributed by atoms with E-state index < -0.39 is 21.8 Å². The first-order valence-electron chi connectivity index (χ1n) is 7.98. The summed E-state index contributed by atoms with van der Waals surface area (Å²) in [4.78, 5) is 1.96. The van der Waals surface area contributed by atoms with E-state index in [0.29, 0.717) is 18.7 Å². The van der Waals surface area contributed by atoms with E-state index in [2.05, 4.69) is 0 Å². The molecule has 1 saturated heterocycles. The molecule has 0 aromatic heterocycles.